The molecule has 3 N–H and O–H groups in total. The van der Waals surface area contributed by atoms with Crippen molar-refractivity contribution in [3.8, 4) is 5.75 Å². The van der Waals surface area contributed by atoms with Gasteiger partial charge in [0, 0.05) is 24.6 Å². The van der Waals surface area contributed by atoms with E-state index in [1.54, 1.807) is 0 Å². The zero-order valence-corrected chi connectivity index (χ0v) is 15.5. The largest absolute Gasteiger partial charge is 0.508 e. The zero-order chi connectivity index (χ0) is 19.9. The van der Waals surface area contributed by atoms with Crippen LogP contribution in [0, 0.1) is 5.92 Å². The van der Waals surface area contributed by atoms with Gasteiger partial charge >= 0.3 is 6.09 Å². The van der Waals surface area contributed by atoms with E-state index in [1.807, 2.05) is 30.3 Å². The molecule has 0 aromatic heterocycles. The molecule has 0 spiro atoms. The van der Waals surface area contributed by atoms with Gasteiger partial charge in [-0.05, 0) is 36.2 Å². The van der Waals surface area contributed by atoms with Crippen molar-refractivity contribution in [2.24, 2.45) is 5.92 Å². The van der Waals surface area contributed by atoms with E-state index in [2.05, 4.69) is 5.32 Å². The van der Waals surface area contributed by atoms with Crippen molar-refractivity contribution in [3.63, 3.8) is 0 Å². The maximum Gasteiger partial charge on any atom is 0.410 e. The van der Waals surface area contributed by atoms with Gasteiger partial charge in [0.15, 0.2) is 0 Å². The van der Waals surface area contributed by atoms with Crippen LogP contribution in [0.1, 0.15) is 22.3 Å². The molecule has 1 unspecified atom stereocenters. The zero-order valence-electron chi connectivity index (χ0n) is 15.5. The Morgan fingerprint density at radius 1 is 1.11 bits per heavy atom. The number of carbonyl (C=O) groups is 2. The summed E-state index contributed by atoms with van der Waals surface area (Å²) in [5.41, 5.74) is 1.34. The summed E-state index contributed by atoms with van der Waals surface area (Å²) < 4.78 is 5.30. The topological polar surface area (TPSA) is 99.1 Å². The molecule has 0 aliphatic carbocycles. The number of phenolic OH excluding ortho intramolecular Hbond substituents is 1. The number of ether oxygens (including phenoxy) is 1. The van der Waals surface area contributed by atoms with E-state index in [4.69, 9.17) is 4.74 Å². The highest BCUT2D eigenvalue weighted by Gasteiger charge is 2.31. The Morgan fingerprint density at radius 3 is 2.50 bits per heavy atom. The Balaban J connectivity index is 1.43. The molecule has 0 bridgehead atoms. The fourth-order valence-corrected chi connectivity index (χ4v) is 3.13. The van der Waals surface area contributed by atoms with Gasteiger partial charge in [0.1, 0.15) is 12.4 Å². The van der Waals surface area contributed by atoms with Gasteiger partial charge in [-0.3, -0.25) is 4.79 Å². The SMILES string of the molecule is O=C(NCC1CCN(C(=O)OCc2ccccc2)C[C@H]1O)c1ccc(O)cc1. The summed E-state index contributed by atoms with van der Waals surface area (Å²) in [5.74, 6) is -0.311. The van der Waals surface area contributed by atoms with Crippen LogP contribution in [0.5, 0.6) is 5.75 Å². The minimum atomic E-state index is -0.738. The van der Waals surface area contributed by atoms with Crippen LogP contribution in [0.3, 0.4) is 0 Å². The molecular formula is C21H24N2O5. The van der Waals surface area contributed by atoms with Crippen molar-refractivity contribution < 1.29 is 24.5 Å². The maximum absolute atomic E-state index is 12.2. The standard InChI is InChI=1S/C21H24N2O5/c24-18-8-6-16(7-9-18)20(26)22-12-17-10-11-23(13-19(17)25)21(27)28-14-15-4-2-1-3-5-15/h1-9,17,19,24-25H,10-14H2,(H,22,26)/t17?,19-/m1/s1. The van der Waals surface area contributed by atoms with Crippen LogP contribution in [0.4, 0.5) is 4.79 Å². The Morgan fingerprint density at radius 2 is 1.82 bits per heavy atom. The summed E-state index contributed by atoms with van der Waals surface area (Å²) in [6.45, 7) is 1.14. The van der Waals surface area contributed by atoms with E-state index >= 15 is 0 Å². The minimum absolute atomic E-state index is 0.0958. The van der Waals surface area contributed by atoms with E-state index in [-0.39, 0.29) is 30.7 Å². The third-order valence-electron chi connectivity index (χ3n) is 4.84. The average molecular weight is 384 g/mol. The fourth-order valence-electron chi connectivity index (χ4n) is 3.13. The second-order valence-corrected chi connectivity index (χ2v) is 6.86. The van der Waals surface area contributed by atoms with E-state index in [9.17, 15) is 19.8 Å². The maximum atomic E-state index is 12.2. The second-order valence-electron chi connectivity index (χ2n) is 6.86. The second kappa shape index (κ2) is 9.23. The van der Waals surface area contributed by atoms with Crippen LogP contribution in [-0.2, 0) is 11.3 Å². The molecule has 1 saturated heterocycles. The quantitative estimate of drug-likeness (QED) is 0.734. The summed E-state index contributed by atoms with van der Waals surface area (Å²) in [6.07, 6.45) is -0.620. The van der Waals surface area contributed by atoms with Gasteiger partial charge < -0.3 is 25.2 Å². The van der Waals surface area contributed by atoms with Crippen LogP contribution in [0.2, 0.25) is 0 Å². The van der Waals surface area contributed by atoms with Crippen molar-refractivity contribution >= 4 is 12.0 Å². The van der Waals surface area contributed by atoms with Crippen molar-refractivity contribution in [2.75, 3.05) is 19.6 Å². The average Bonchev–Trinajstić information content (AvgIpc) is 2.72. The first-order chi connectivity index (χ1) is 13.5. The lowest BCUT2D eigenvalue weighted by Gasteiger charge is -2.35. The third kappa shape index (κ3) is 5.23. The molecule has 0 saturated carbocycles. The van der Waals surface area contributed by atoms with Gasteiger partial charge in [0.25, 0.3) is 5.91 Å². The fraction of sp³-hybridized carbons (Fsp3) is 0.333. The Bertz CT molecular complexity index is 794. The molecule has 7 heteroatoms. The Hall–Kier alpha value is -3.06. The molecule has 2 aromatic carbocycles. The smallest absolute Gasteiger partial charge is 0.410 e. The normalized spacial score (nSPS) is 19.1. The highest BCUT2D eigenvalue weighted by molar-refractivity contribution is 5.94. The van der Waals surface area contributed by atoms with Crippen LogP contribution in [-0.4, -0.2) is 52.9 Å². The number of rotatable bonds is 5. The van der Waals surface area contributed by atoms with Crippen molar-refractivity contribution in [3.05, 3.63) is 65.7 Å². The van der Waals surface area contributed by atoms with Crippen LogP contribution < -0.4 is 5.32 Å². The van der Waals surface area contributed by atoms with Crippen LogP contribution >= 0.6 is 0 Å². The number of aromatic hydroxyl groups is 1. The molecule has 1 aliphatic heterocycles. The molecule has 0 radical (unpaired) electrons. The molecule has 3 rings (SSSR count). The summed E-state index contributed by atoms with van der Waals surface area (Å²) in [5, 5.41) is 22.4. The summed E-state index contributed by atoms with van der Waals surface area (Å²) in [7, 11) is 0. The molecule has 28 heavy (non-hydrogen) atoms. The lowest BCUT2D eigenvalue weighted by atomic mass is 9.94. The number of β-amino-alcohol motifs (C(OH)–C–C–N with tert-alkyl or cyclic N) is 1. The monoisotopic (exact) mass is 384 g/mol. The predicted octanol–water partition coefficient (Wildman–Crippen LogP) is 2.14. The number of hydrogen-bond acceptors (Lipinski definition) is 5. The van der Waals surface area contributed by atoms with E-state index < -0.39 is 12.2 Å². The van der Waals surface area contributed by atoms with E-state index in [0.29, 0.717) is 25.1 Å². The first kappa shape index (κ1) is 19.7. The summed E-state index contributed by atoms with van der Waals surface area (Å²) in [6, 6.07) is 15.4. The lowest BCUT2D eigenvalue weighted by molar-refractivity contribution is 0.0139. The number of amides is 2. The molecule has 7 nitrogen and oxygen atoms in total. The van der Waals surface area contributed by atoms with Gasteiger partial charge in [-0.25, -0.2) is 4.79 Å². The minimum Gasteiger partial charge on any atom is -0.508 e. The van der Waals surface area contributed by atoms with Gasteiger partial charge in [0.05, 0.1) is 12.6 Å². The number of aliphatic hydroxyl groups excluding tert-OH is 1. The van der Waals surface area contributed by atoms with Gasteiger partial charge in [-0.2, -0.15) is 0 Å². The molecule has 1 aliphatic rings. The first-order valence-corrected chi connectivity index (χ1v) is 9.24. The highest BCUT2D eigenvalue weighted by atomic mass is 16.6. The molecule has 1 fully saturated rings. The molecule has 2 amide bonds. The predicted molar refractivity (Wildman–Crippen MR) is 103 cm³/mol. The summed E-state index contributed by atoms with van der Waals surface area (Å²) >= 11 is 0. The van der Waals surface area contributed by atoms with Gasteiger partial charge in [-0.1, -0.05) is 30.3 Å². The number of nitrogens with zero attached hydrogens (tertiary/aromatic N) is 1. The van der Waals surface area contributed by atoms with Crippen molar-refractivity contribution in [1.82, 2.24) is 10.2 Å². The number of phenols is 1. The number of hydrogen-bond donors (Lipinski definition) is 3. The number of aliphatic hydroxyl groups is 1. The molecule has 2 atom stereocenters. The van der Waals surface area contributed by atoms with Gasteiger partial charge in [-0.15, -0.1) is 0 Å². The molecule has 148 valence electrons. The van der Waals surface area contributed by atoms with Crippen LogP contribution in [0.25, 0.3) is 0 Å². The molecule has 2 aromatic rings. The number of benzene rings is 2. The van der Waals surface area contributed by atoms with Gasteiger partial charge in [0.2, 0.25) is 0 Å². The number of likely N-dealkylation sites (tertiary alicyclic amines) is 1. The number of piperidine rings is 1. The Labute approximate surface area is 163 Å². The van der Waals surface area contributed by atoms with E-state index in [1.165, 1.54) is 29.2 Å². The molecular weight excluding hydrogens is 360 g/mol. The highest BCUT2D eigenvalue weighted by Crippen LogP contribution is 2.19. The third-order valence-corrected chi connectivity index (χ3v) is 4.84. The van der Waals surface area contributed by atoms with Crippen molar-refractivity contribution in [2.45, 2.75) is 19.1 Å². The van der Waals surface area contributed by atoms with Crippen molar-refractivity contribution in [1.29, 1.82) is 0 Å². The number of carbonyl (C=O) groups excluding carboxylic acids is 2. The number of nitrogens with one attached hydrogen (secondary N) is 1. The first-order valence-electron chi connectivity index (χ1n) is 9.24. The Kier molecular flexibility index (Phi) is 6.49. The van der Waals surface area contributed by atoms with Crippen LogP contribution in [0.15, 0.2) is 54.6 Å². The molecule has 1 heterocycles. The summed E-state index contributed by atoms with van der Waals surface area (Å²) in [4.78, 5) is 25.8. The lowest BCUT2D eigenvalue weighted by Crippen LogP contribution is -2.49. The van der Waals surface area contributed by atoms with E-state index in [0.717, 1.165) is 5.56 Å².